The van der Waals surface area contributed by atoms with Gasteiger partial charge in [0, 0.05) is 11.6 Å². The number of pyridine rings is 1. The molecule has 0 atom stereocenters. The number of fused-ring (bicyclic) bond motifs is 1. The SMILES string of the molecule is Cc1ccc2ncc(C(=O)NC(C)(C)c3noc(CN(C)C)n3)cc2c1. The summed E-state index contributed by atoms with van der Waals surface area (Å²) in [6.45, 7) is 6.24. The molecule has 0 unspecified atom stereocenters. The normalized spacial score (nSPS) is 11.9. The molecule has 1 amide bonds. The Labute approximate surface area is 152 Å². The number of carbonyl (C=O) groups is 1. The number of hydrogen-bond acceptors (Lipinski definition) is 6. The number of benzene rings is 1. The first-order valence-corrected chi connectivity index (χ1v) is 8.41. The molecule has 0 fully saturated rings. The minimum Gasteiger partial charge on any atom is -0.340 e. The van der Waals surface area contributed by atoms with E-state index in [0.29, 0.717) is 23.8 Å². The molecular formula is C19H23N5O2. The van der Waals surface area contributed by atoms with Gasteiger partial charge in [-0.1, -0.05) is 16.8 Å². The summed E-state index contributed by atoms with van der Waals surface area (Å²) < 4.78 is 5.25. The quantitative estimate of drug-likeness (QED) is 0.759. The standard InChI is InChI=1S/C19H23N5O2/c1-12-6-7-15-13(8-12)9-14(10-20-15)17(25)22-19(2,3)18-21-16(26-23-18)11-24(4)5/h6-10H,11H2,1-5H3,(H,22,25). The van der Waals surface area contributed by atoms with Crippen LogP contribution in [0.15, 0.2) is 35.0 Å². The lowest BCUT2D eigenvalue weighted by molar-refractivity contribution is 0.0907. The molecule has 2 aromatic heterocycles. The van der Waals surface area contributed by atoms with Crippen LogP contribution in [0.25, 0.3) is 10.9 Å². The van der Waals surface area contributed by atoms with Gasteiger partial charge in [-0.2, -0.15) is 4.98 Å². The van der Waals surface area contributed by atoms with Gasteiger partial charge in [0.2, 0.25) is 5.89 Å². The summed E-state index contributed by atoms with van der Waals surface area (Å²) in [5.74, 6) is 0.715. The molecular weight excluding hydrogens is 330 g/mol. The summed E-state index contributed by atoms with van der Waals surface area (Å²) in [5, 5.41) is 7.90. The second kappa shape index (κ2) is 6.84. The monoisotopic (exact) mass is 353 g/mol. The van der Waals surface area contributed by atoms with Crippen LogP contribution in [0.4, 0.5) is 0 Å². The zero-order valence-corrected chi connectivity index (χ0v) is 15.7. The molecule has 0 spiro atoms. The van der Waals surface area contributed by atoms with Crippen LogP contribution in [0.1, 0.15) is 41.5 Å². The molecule has 0 saturated carbocycles. The zero-order valence-electron chi connectivity index (χ0n) is 15.7. The average Bonchev–Trinajstić information content (AvgIpc) is 3.02. The van der Waals surface area contributed by atoms with Crippen molar-refractivity contribution >= 4 is 16.8 Å². The van der Waals surface area contributed by atoms with Gasteiger partial charge in [0.25, 0.3) is 5.91 Å². The highest BCUT2D eigenvalue weighted by Gasteiger charge is 2.29. The Bertz CT molecular complexity index is 946. The number of amides is 1. The molecule has 3 rings (SSSR count). The molecule has 2 heterocycles. The van der Waals surface area contributed by atoms with Gasteiger partial charge in [0.15, 0.2) is 5.82 Å². The highest BCUT2D eigenvalue weighted by Crippen LogP contribution is 2.20. The van der Waals surface area contributed by atoms with Crippen molar-refractivity contribution in [3.63, 3.8) is 0 Å². The van der Waals surface area contributed by atoms with E-state index < -0.39 is 5.54 Å². The molecule has 1 N–H and O–H groups in total. The molecule has 26 heavy (non-hydrogen) atoms. The average molecular weight is 353 g/mol. The number of nitrogens with one attached hydrogen (secondary N) is 1. The third-order valence-electron chi connectivity index (χ3n) is 4.00. The highest BCUT2D eigenvalue weighted by atomic mass is 16.5. The van der Waals surface area contributed by atoms with Crippen molar-refractivity contribution in [1.29, 1.82) is 0 Å². The Hall–Kier alpha value is -2.80. The van der Waals surface area contributed by atoms with E-state index in [4.69, 9.17) is 4.52 Å². The van der Waals surface area contributed by atoms with Crippen molar-refractivity contribution < 1.29 is 9.32 Å². The van der Waals surface area contributed by atoms with E-state index in [9.17, 15) is 4.79 Å². The lowest BCUT2D eigenvalue weighted by Gasteiger charge is -2.22. The molecule has 0 aliphatic rings. The number of carbonyl (C=O) groups excluding carboxylic acids is 1. The van der Waals surface area contributed by atoms with E-state index in [-0.39, 0.29) is 5.91 Å². The van der Waals surface area contributed by atoms with E-state index in [1.165, 1.54) is 0 Å². The molecule has 3 aromatic rings. The van der Waals surface area contributed by atoms with Crippen molar-refractivity contribution in [3.05, 3.63) is 53.3 Å². The highest BCUT2D eigenvalue weighted by molar-refractivity contribution is 5.97. The summed E-state index contributed by atoms with van der Waals surface area (Å²) in [5.41, 5.74) is 1.70. The smallest absolute Gasteiger partial charge is 0.253 e. The van der Waals surface area contributed by atoms with E-state index in [1.54, 1.807) is 6.20 Å². The van der Waals surface area contributed by atoms with Crippen LogP contribution in [-0.2, 0) is 12.1 Å². The van der Waals surface area contributed by atoms with Gasteiger partial charge in [-0.15, -0.1) is 0 Å². The van der Waals surface area contributed by atoms with Gasteiger partial charge in [0.05, 0.1) is 23.2 Å². The van der Waals surface area contributed by atoms with Crippen LogP contribution in [-0.4, -0.2) is 40.0 Å². The minimum absolute atomic E-state index is 0.232. The second-order valence-corrected chi connectivity index (χ2v) is 7.25. The Morgan fingerprint density at radius 3 is 2.77 bits per heavy atom. The maximum atomic E-state index is 12.7. The third kappa shape index (κ3) is 3.88. The Kier molecular flexibility index (Phi) is 4.73. The van der Waals surface area contributed by atoms with Crippen LogP contribution < -0.4 is 5.32 Å². The van der Waals surface area contributed by atoms with Crippen LogP contribution in [0.5, 0.6) is 0 Å². The van der Waals surface area contributed by atoms with Crippen molar-refractivity contribution in [2.45, 2.75) is 32.9 Å². The van der Waals surface area contributed by atoms with E-state index in [0.717, 1.165) is 16.5 Å². The number of nitrogens with zero attached hydrogens (tertiary/aromatic N) is 4. The molecule has 136 valence electrons. The maximum Gasteiger partial charge on any atom is 0.253 e. The predicted octanol–water partition coefficient (Wildman–Crippen LogP) is 2.65. The molecule has 0 aliphatic carbocycles. The van der Waals surface area contributed by atoms with Crippen molar-refractivity contribution in [2.75, 3.05) is 14.1 Å². The van der Waals surface area contributed by atoms with Gasteiger partial charge in [-0.3, -0.25) is 9.78 Å². The summed E-state index contributed by atoms with van der Waals surface area (Å²) in [7, 11) is 3.84. The van der Waals surface area contributed by atoms with Crippen molar-refractivity contribution in [2.24, 2.45) is 0 Å². The molecule has 1 aromatic carbocycles. The maximum absolute atomic E-state index is 12.7. The first kappa shape index (κ1) is 18.0. The van der Waals surface area contributed by atoms with Gasteiger partial charge in [-0.05, 0) is 53.1 Å². The molecule has 0 bridgehead atoms. The summed E-state index contributed by atoms with van der Waals surface area (Å²) in [4.78, 5) is 23.4. The van der Waals surface area contributed by atoms with Crippen molar-refractivity contribution in [1.82, 2.24) is 25.3 Å². The largest absolute Gasteiger partial charge is 0.340 e. The van der Waals surface area contributed by atoms with Gasteiger partial charge in [-0.25, -0.2) is 0 Å². The molecule has 0 aliphatic heterocycles. The Morgan fingerprint density at radius 2 is 2.04 bits per heavy atom. The first-order valence-electron chi connectivity index (χ1n) is 8.41. The number of aryl methyl sites for hydroxylation is 1. The molecule has 0 saturated heterocycles. The van der Waals surface area contributed by atoms with Crippen molar-refractivity contribution in [3.8, 4) is 0 Å². The lowest BCUT2D eigenvalue weighted by atomic mass is 10.0. The second-order valence-electron chi connectivity index (χ2n) is 7.25. The topological polar surface area (TPSA) is 84.2 Å². The lowest BCUT2D eigenvalue weighted by Crippen LogP contribution is -2.42. The summed E-state index contributed by atoms with van der Waals surface area (Å²) in [6, 6.07) is 7.80. The van der Waals surface area contributed by atoms with Crippen LogP contribution in [0.3, 0.4) is 0 Å². The van der Waals surface area contributed by atoms with E-state index in [2.05, 4.69) is 20.4 Å². The fraction of sp³-hybridized carbons (Fsp3) is 0.368. The van der Waals surface area contributed by atoms with Gasteiger partial charge in [0.1, 0.15) is 0 Å². The first-order chi connectivity index (χ1) is 12.2. The number of aromatic nitrogens is 3. The third-order valence-corrected chi connectivity index (χ3v) is 4.00. The fourth-order valence-corrected chi connectivity index (χ4v) is 2.63. The van der Waals surface area contributed by atoms with E-state index in [1.807, 2.05) is 64.0 Å². The minimum atomic E-state index is -0.771. The summed E-state index contributed by atoms with van der Waals surface area (Å²) >= 11 is 0. The number of hydrogen-bond donors (Lipinski definition) is 1. The fourth-order valence-electron chi connectivity index (χ4n) is 2.63. The van der Waals surface area contributed by atoms with Gasteiger partial charge >= 0.3 is 0 Å². The molecule has 7 heteroatoms. The number of rotatable bonds is 5. The van der Waals surface area contributed by atoms with Gasteiger partial charge < -0.3 is 14.7 Å². The van der Waals surface area contributed by atoms with Crippen LogP contribution in [0, 0.1) is 6.92 Å². The molecule has 7 nitrogen and oxygen atoms in total. The zero-order chi connectivity index (χ0) is 18.9. The predicted molar refractivity (Wildman–Crippen MR) is 98.7 cm³/mol. The Morgan fingerprint density at radius 1 is 1.27 bits per heavy atom. The van der Waals surface area contributed by atoms with Crippen LogP contribution >= 0.6 is 0 Å². The molecule has 0 radical (unpaired) electrons. The Balaban J connectivity index is 1.80. The summed E-state index contributed by atoms with van der Waals surface area (Å²) in [6.07, 6.45) is 1.58. The van der Waals surface area contributed by atoms with Crippen LogP contribution in [0.2, 0.25) is 0 Å². The van der Waals surface area contributed by atoms with E-state index >= 15 is 0 Å².